The first-order chi connectivity index (χ1) is 15.4. The summed E-state index contributed by atoms with van der Waals surface area (Å²) < 4.78 is 14.0. The van der Waals surface area contributed by atoms with Crippen molar-refractivity contribution < 1.29 is 9.47 Å². The molecule has 0 unspecified atom stereocenters. The lowest BCUT2D eigenvalue weighted by Crippen LogP contribution is -2.22. The van der Waals surface area contributed by atoms with Gasteiger partial charge in [-0.3, -0.25) is 9.97 Å². The van der Waals surface area contributed by atoms with Crippen molar-refractivity contribution >= 4 is 24.9 Å². The van der Waals surface area contributed by atoms with Crippen molar-refractivity contribution in [3.05, 3.63) is 55.0 Å². The van der Waals surface area contributed by atoms with Crippen LogP contribution >= 0.6 is 0 Å². The summed E-state index contributed by atoms with van der Waals surface area (Å²) >= 11 is 0. The van der Waals surface area contributed by atoms with E-state index in [0.717, 1.165) is 45.3 Å². The second-order valence-electron chi connectivity index (χ2n) is 8.89. The van der Waals surface area contributed by atoms with Crippen LogP contribution in [-0.4, -0.2) is 41.3 Å². The molecule has 4 rings (SSSR count). The predicted octanol–water partition coefficient (Wildman–Crippen LogP) is 5.06. The van der Waals surface area contributed by atoms with Crippen LogP contribution in [0.1, 0.15) is 0 Å². The van der Waals surface area contributed by atoms with Gasteiger partial charge in [-0.05, 0) is 30.3 Å². The molecule has 0 aromatic carbocycles. The number of nitrogen functional groups attached to an aromatic ring is 1. The van der Waals surface area contributed by atoms with Gasteiger partial charge in [0.15, 0.2) is 0 Å². The van der Waals surface area contributed by atoms with Gasteiger partial charge in [0.05, 0.1) is 24.1 Å². The minimum absolute atomic E-state index is 0.368. The third-order valence-corrected chi connectivity index (χ3v) is 7.02. The molecular formula is C24H29N5O2Si. The van der Waals surface area contributed by atoms with Crippen LogP contribution in [0.5, 0.6) is 5.75 Å². The molecule has 32 heavy (non-hydrogen) atoms. The number of nitrogens with zero attached hydrogens (tertiary/aromatic N) is 4. The van der Waals surface area contributed by atoms with E-state index in [-0.39, 0.29) is 0 Å². The SMILES string of the molecule is COc1ccnc2c(-c3ccccn3)c(-c3ccnc(N)c3)n(COCC[Si](C)(C)C)c12. The fraction of sp³-hybridized carbons (Fsp3) is 0.292. The Bertz CT molecular complexity index is 1220. The minimum Gasteiger partial charge on any atom is -0.494 e. The molecule has 166 valence electrons. The lowest BCUT2D eigenvalue weighted by Gasteiger charge is -2.17. The number of pyridine rings is 3. The fourth-order valence-electron chi connectivity index (χ4n) is 3.72. The molecular weight excluding hydrogens is 418 g/mol. The molecule has 2 N–H and O–H groups in total. The molecule has 0 saturated heterocycles. The number of fused-ring (bicyclic) bond motifs is 1. The average molecular weight is 448 g/mol. The van der Waals surface area contributed by atoms with E-state index in [2.05, 4.69) is 34.2 Å². The lowest BCUT2D eigenvalue weighted by atomic mass is 10.0. The van der Waals surface area contributed by atoms with Crippen molar-refractivity contribution in [2.75, 3.05) is 19.5 Å². The quantitative estimate of drug-likeness (QED) is 0.300. The first-order valence-corrected chi connectivity index (χ1v) is 14.4. The van der Waals surface area contributed by atoms with Crippen LogP contribution in [0.3, 0.4) is 0 Å². The highest BCUT2D eigenvalue weighted by atomic mass is 28.3. The van der Waals surface area contributed by atoms with Crippen LogP contribution < -0.4 is 10.5 Å². The molecule has 8 heteroatoms. The highest BCUT2D eigenvalue weighted by Crippen LogP contribution is 2.42. The van der Waals surface area contributed by atoms with Gasteiger partial charge in [-0.2, -0.15) is 0 Å². The molecule has 0 aliphatic heterocycles. The van der Waals surface area contributed by atoms with Crippen molar-refractivity contribution in [2.24, 2.45) is 0 Å². The number of nitrogens with two attached hydrogens (primary N) is 1. The highest BCUT2D eigenvalue weighted by Gasteiger charge is 2.25. The third-order valence-electron chi connectivity index (χ3n) is 5.31. The molecule has 0 atom stereocenters. The fourth-order valence-corrected chi connectivity index (χ4v) is 4.47. The maximum atomic E-state index is 6.19. The van der Waals surface area contributed by atoms with Crippen LogP contribution in [0.4, 0.5) is 5.82 Å². The summed E-state index contributed by atoms with van der Waals surface area (Å²) in [5.74, 6) is 1.18. The van der Waals surface area contributed by atoms with Crippen molar-refractivity contribution in [1.29, 1.82) is 0 Å². The Balaban J connectivity index is 1.95. The molecule has 0 spiro atoms. The van der Waals surface area contributed by atoms with Crippen LogP contribution in [-0.2, 0) is 11.5 Å². The van der Waals surface area contributed by atoms with E-state index in [1.807, 2.05) is 36.4 Å². The van der Waals surface area contributed by atoms with Gasteiger partial charge in [0, 0.05) is 44.9 Å². The summed E-state index contributed by atoms with van der Waals surface area (Å²) in [5, 5.41) is 0. The monoisotopic (exact) mass is 447 g/mol. The Morgan fingerprint density at radius 2 is 1.81 bits per heavy atom. The van der Waals surface area contributed by atoms with Crippen LogP contribution in [0.25, 0.3) is 33.5 Å². The topological polar surface area (TPSA) is 88.1 Å². The molecule has 0 radical (unpaired) electrons. The van der Waals surface area contributed by atoms with Crippen LogP contribution in [0.2, 0.25) is 25.7 Å². The Morgan fingerprint density at radius 3 is 2.50 bits per heavy atom. The summed E-state index contributed by atoms with van der Waals surface area (Å²) in [6.45, 7) is 8.11. The zero-order valence-electron chi connectivity index (χ0n) is 19.0. The molecule has 7 nitrogen and oxygen atoms in total. The van der Waals surface area contributed by atoms with Crippen LogP contribution in [0, 0.1) is 0 Å². The summed E-state index contributed by atoms with van der Waals surface area (Å²) in [6, 6.07) is 12.6. The molecule has 0 aliphatic rings. The molecule has 0 amide bonds. The number of hydrogen-bond acceptors (Lipinski definition) is 6. The Labute approximate surface area is 189 Å². The number of hydrogen-bond donors (Lipinski definition) is 1. The molecule has 0 fully saturated rings. The van der Waals surface area contributed by atoms with Gasteiger partial charge >= 0.3 is 0 Å². The number of rotatable bonds is 8. The molecule has 4 aromatic heterocycles. The second-order valence-corrected chi connectivity index (χ2v) is 14.5. The number of methoxy groups -OCH3 is 1. The summed E-state index contributed by atoms with van der Waals surface area (Å²) in [4.78, 5) is 13.5. The summed E-state index contributed by atoms with van der Waals surface area (Å²) in [5.41, 5.74) is 11.3. The number of aromatic nitrogens is 4. The third kappa shape index (κ3) is 4.51. The van der Waals surface area contributed by atoms with E-state index in [9.17, 15) is 0 Å². The van der Waals surface area contributed by atoms with Crippen molar-refractivity contribution in [2.45, 2.75) is 32.4 Å². The zero-order chi connectivity index (χ0) is 22.7. The molecule has 0 aliphatic carbocycles. The zero-order valence-corrected chi connectivity index (χ0v) is 20.0. The Kier molecular flexibility index (Phi) is 6.25. The number of anilines is 1. The van der Waals surface area contributed by atoms with Crippen LogP contribution in [0.15, 0.2) is 55.0 Å². The Morgan fingerprint density at radius 1 is 1.00 bits per heavy atom. The highest BCUT2D eigenvalue weighted by molar-refractivity contribution is 6.76. The van der Waals surface area contributed by atoms with E-state index in [1.165, 1.54) is 0 Å². The molecule has 0 bridgehead atoms. The van der Waals surface area contributed by atoms with Crippen molar-refractivity contribution in [1.82, 2.24) is 19.5 Å². The van der Waals surface area contributed by atoms with E-state index < -0.39 is 8.07 Å². The van der Waals surface area contributed by atoms with E-state index >= 15 is 0 Å². The van der Waals surface area contributed by atoms with Gasteiger partial charge in [0.1, 0.15) is 29.3 Å². The van der Waals surface area contributed by atoms with E-state index in [0.29, 0.717) is 19.2 Å². The van der Waals surface area contributed by atoms with Gasteiger partial charge in [-0.15, -0.1) is 0 Å². The largest absolute Gasteiger partial charge is 0.494 e. The minimum atomic E-state index is -1.21. The summed E-state index contributed by atoms with van der Waals surface area (Å²) in [6.07, 6.45) is 5.26. The van der Waals surface area contributed by atoms with Gasteiger partial charge in [-0.1, -0.05) is 25.7 Å². The first-order valence-electron chi connectivity index (χ1n) is 10.7. The summed E-state index contributed by atoms with van der Waals surface area (Å²) in [7, 11) is 0.464. The van der Waals surface area contributed by atoms with Crippen molar-refractivity contribution in [3.8, 4) is 28.3 Å². The maximum absolute atomic E-state index is 6.19. The van der Waals surface area contributed by atoms with Gasteiger partial charge < -0.3 is 19.8 Å². The van der Waals surface area contributed by atoms with Crippen molar-refractivity contribution in [3.63, 3.8) is 0 Å². The van der Waals surface area contributed by atoms with Gasteiger partial charge in [0.2, 0.25) is 0 Å². The normalized spacial score (nSPS) is 11.8. The molecule has 4 heterocycles. The molecule has 0 saturated carbocycles. The average Bonchev–Trinajstić information content (AvgIpc) is 3.11. The second kappa shape index (κ2) is 9.10. The lowest BCUT2D eigenvalue weighted by molar-refractivity contribution is 0.0910. The predicted molar refractivity (Wildman–Crippen MR) is 131 cm³/mol. The molecule has 4 aromatic rings. The standard InChI is InChI=1S/C24H29N5O2Si/c1-30-19-9-12-28-22-21(18-7-5-6-10-26-18)23(17-8-11-27-20(25)15-17)29(24(19)22)16-31-13-14-32(2,3)4/h5-12,15H,13-14,16H2,1-4H3,(H2,25,27). The van der Waals surface area contributed by atoms with Gasteiger partial charge in [0.25, 0.3) is 0 Å². The first kappa shape index (κ1) is 22.0. The number of ether oxygens (including phenoxy) is 2. The smallest absolute Gasteiger partial charge is 0.146 e. The van der Waals surface area contributed by atoms with E-state index in [4.69, 9.17) is 20.2 Å². The Hall–Kier alpha value is -3.23. The van der Waals surface area contributed by atoms with Gasteiger partial charge in [-0.25, -0.2) is 4.98 Å². The van der Waals surface area contributed by atoms with E-state index in [1.54, 1.807) is 25.7 Å². The maximum Gasteiger partial charge on any atom is 0.146 e.